The fraction of sp³-hybridized carbons (Fsp3) is 0.363. The Bertz CT molecular complexity index is 6370. The van der Waals surface area contributed by atoms with Gasteiger partial charge in [-0.1, -0.05) is 283 Å². The highest BCUT2D eigenvalue weighted by molar-refractivity contribution is 5.83. The minimum absolute atomic E-state index is 0.507. The molecule has 4 N–H and O–H groups in total. The molecule has 0 saturated heterocycles. The topological polar surface area (TPSA) is 235 Å². The SMILES string of the molecule is C=C1Cc2ccc(C(C)C)cc2C1.CC(C)C1=CCN=C1.CC(C)c1ccc2[nH]ncc2c1.CC(C)c1ccc2c(c1)CC=C2.CC(C)c1ccc2c(ccn2C)c1.CC(C)c1ccc2n[nH]nc2c1.CC(C)c1ccc2nc[nH]c2c1.CC(C)c1cccnc1.CC(C)c1cccnc1.CC(C)c1ccnc2[nH]ccc12.CC(C)c1ccnc2c1N=CC2.CC(C)c1ccncc1.CC(C)c1ccncn1. The second-order valence-corrected chi connectivity index (χ2v) is 40.5. The molecule has 0 saturated carbocycles. The highest BCUT2D eigenvalue weighted by Crippen LogP contribution is 2.34. The molecule has 11 aromatic heterocycles. The van der Waals surface area contributed by atoms with Crippen LogP contribution in [0.5, 0.6) is 0 Å². The zero-order valence-electron chi connectivity index (χ0n) is 89.7. The lowest BCUT2D eigenvalue weighted by atomic mass is 9.98. The molecular weight excluding hydrogens is 1740 g/mol. The summed E-state index contributed by atoms with van der Waals surface area (Å²) in [6.07, 6.45) is 40.5. The van der Waals surface area contributed by atoms with Gasteiger partial charge in [0.15, 0.2) is 0 Å². The van der Waals surface area contributed by atoms with Gasteiger partial charge in [-0.25, -0.2) is 19.9 Å². The number of pyridine rings is 5. The second kappa shape index (κ2) is 57.1. The number of imidazole rings is 1. The number of nitrogens with one attached hydrogen (secondary N) is 4. The Hall–Kier alpha value is -13.9. The van der Waals surface area contributed by atoms with Crippen LogP contribution in [-0.4, -0.2) is 99.0 Å². The van der Waals surface area contributed by atoms with Gasteiger partial charge in [0, 0.05) is 116 Å². The van der Waals surface area contributed by atoms with Crippen molar-refractivity contribution in [1.29, 1.82) is 0 Å². The highest BCUT2D eigenvalue weighted by atomic mass is 15.3. The van der Waals surface area contributed by atoms with Crippen LogP contribution in [0.2, 0.25) is 0 Å². The van der Waals surface area contributed by atoms with Gasteiger partial charge in [-0.15, -0.1) is 0 Å². The largest absolute Gasteiger partial charge is 0.351 e. The predicted molar refractivity (Wildman–Crippen MR) is 603 cm³/mol. The van der Waals surface area contributed by atoms with E-state index in [1.165, 1.54) is 116 Å². The Labute approximate surface area is 847 Å². The summed E-state index contributed by atoms with van der Waals surface area (Å²) in [6.45, 7) is 61.8. The molecule has 0 radical (unpaired) electrons. The highest BCUT2D eigenvalue weighted by Gasteiger charge is 2.18. The van der Waals surface area contributed by atoms with E-state index in [0.717, 1.165) is 82.5 Å². The van der Waals surface area contributed by atoms with Crippen molar-refractivity contribution in [3.05, 3.63) is 388 Å². The van der Waals surface area contributed by atoms with Crippen LogP contribution in [0.15, 0.2) is 303 Å². The summed E-state index contributed by atoms with van der Waals surface area (Å²) in [4.78, 5) is 47.1. The van der Waals surface area contributed by atoms with Crippen LogP contribution >= 0.6 is 0 Å². The van der Waals surface area contributed by atoms with E-state index in [9.17, 15) is 0 Å². The third-order valence-corrected chi connectivity index (χ3v) is 25.0. The second-order valence-electron chi connectivity index (χ2n) is 40.5. The van der Waals surface area contributed by atoms with Crippen molar-refractivity contribution in [2.45, 2.75) is 277 Å². The molecule has 6 aromatic carbocycles. The lowest BCUT2D eigenvalue weighted by Gasteiger charge is -2.08. The number of H-pyrrole nitrogens is 4. The molecule has 13 heterocycles. The minimum atomic E-state index is 0.507. The summed E-state index contributed by atoms with van der Waals surface area (Å²) in [6, 6.07) is 61.8. The summed E-state index contributed by atoms with van der Waals surface area (Å²) in [5.41, 5.74) is 34.4. The number of aliphatic imine (C=N–C) groups is 2. The van der Waals surface area contributed by atoms with Gasteiger partial charge < -0.3 is 14.5 Å². The molecule has 17 aromatic rings. The first-order valence-corrected chi connectivity index (χ1v) is 50.9. The quantitative estimate of drug-likeness (QED) is 0.0792. The number of benzene rings is 6. The molecule has 18 nitrogen and oxygen atoms in total. The Morgan fingerprint density at radius 3 is 1.51 bits per heavy atom. The van der Waals surface area contributed by atoms with Gasteiger partial charge in [-0.2, -0.15) is 20.5 Å². The Kier molecular flexibility index (Phi) is 45.0. The summed E-state index contributed by atoms with van der Waals surface area (Å²) >= 11 is 0. The molecule has 21 rings (SSSR count). The summed E-state index contributed by atoms with van der Waals surface area (Å²) in [7, 11) is 2.08. The standard InChI is InChI=1S/C13H16.C12H15N.C12H14.4C10H12N2.C9H11N3.3C8H11N.C7H10N2.C7H11N/c1-9(2)11-4-5-12-6-10(3)7-13(12)8-11;1-9(2)10-4-5-12-11(8-10)6-7-13(12)3;1-9(2)11-7-6-10-4-3-5-12(10)8-11;1-7(2)8-3-5-11-9-4-6-12-10(8)9;1-7(2)8-3-5-11-10-9(8)4-6-12-10;1-7(2)8-3-4-10-9(5-8)6-11-12-10;1-7(2)8-3-4-9-10(5-8)12-6-11-9;1-6(2)7-3-4-8-9(5-7)11-12-10-8;1-7(2)8-3-5-9-6-4-8;2*1-7(2)8-4-3-5-9-6-8;1-6(2)7-3-4-8-5-9-7;1-6(2)7-3-4-8-5-7/h4-5,8-9H,3,6-7H2,1-2H3;4-9H,1-3H3;3-4,6-9H,5H2,1-2H3;3,5-7H,4H2,1-2H3;3*3-7H,1-2H3,(H,11,12);3-6H,1-2H3,(H,10,11,12);3*3-7H,1-2H3;3-6H,1-2H3;3,5-6H,4H2,1-2H3. The van der Waals surface area contributed by atoms with Crippen LogP contribution in [-0.2, 0) is 32.7 Å². The van der Waals surface area contributed by atoms with Crippen LogP contribution < -0.4 is 0 Å². The van der Waals surface area contributed by atoms with Crippen LogP contribution in [0.4, 0.5) is 5.69 Å². The van der Waals surface area contributed by atoms with Crippen molar-refractivity contribution in [1.82, 2.24) is 80.0 Å². The van der Waals surface area contributed by atoms with Crippen LogP contribution in [0.1, 0.15) is 346 Å². The number of fused-ring (bicyclic) bond motifs is 8. The normalized spacial score (nSPS) is 12.1. The number of rotatable bonds is 13. The van der Waals surface area contributed by atoms with Crippen molar-refractivity contribution < 1.29 is 0 Å². The minimum Gasteiger partial charge on any atom is -0.351 e. The molecule has 0 bridgehead atoms. The predicted octanol–water partition coefficient (Wildman–Crippen LogP) is 32.6. The lowest BCUT2D eigenvalue weighted by Crippen LogP contribution is -1.92. The first kappa shape index (κ1) is 112. The van der Waals surface area contributed by atoms with Crippen molar-refractivity contribution in [2.75, 3.05) is 6.54 Å². The van der Waals surface area contributed by atoms with Gasteiger partial charge in [0.25, 0.3) is 0 Å². The molecule has 0 unspecified atom stereocenters. The van der Waals surface area contributed by atoms with E-state index in [2.05, 4.69) is 448 Å². The molecule has 0 fully saturated rings. The molecular formula is C124H158N18. The van der Waals surface area contributed by atoms with E-state index >= 15 is 0 Å². The van der Waals surface area contributed by atoms with Crippen molar-refractivity contribution >= 4 is 79.1 Å². The van der Waals surface area contributed by atoms with E-state index in [-0.39, 0.29) is 0 Å². The summed E-state index contributed by atoms with van der Waals surface area (Å²) < 4.78 is 2.15. The van der Waals surface area contributed by atoms with Gasteiger partial charge in [-0.3, -0.25) is 35.0 Å². The molecule has 0 spiro atoms. The average Bonchev–Trinajstić information content (AvgIpc) is 1.67. The fourth-order valence-corrected chi connectivity index (χ4v) is 15.7. The van der Waals surface area contributed by atoms with Gasteiger partial charge in [0.1, 0.15) is 23.0 Å². The molecule has 0 atom stereocenters. The Morgan fingerprint density at radius 2 is 0.944 bits per heavy atom. The first-order valence-electron chi connectivity index (χ1n) is 50.9. The monoisotopic (exact) mass is 1900 g/mol. The molecule has 18 heteroatoms. The van der Waals surface area contributed by atoms with Crippen LogP contribution in [0.3, 0.4) is 0 Å². The number of nitrogens with zero attached hydrogens (tertiary/aromatic N) is 14. The first-order chi connectivity index (χ1) is 68.0. The molecule has 2 aliphatic carbocycles. The van der Waals surface area contributed by atoms with Crippen molar-refractivity contribution in [3.63, 3.8) is 0 Å². The number of aromatic nitrogens is 16. The third-order valence-electron chi connectivity index (χ3n) is 25.0. The number of hydrogen-bond acceptors (Lipinski definition) is 13. The molecule has 142 heavy (non-hydrogen) atoms. The maximum atomic E-state index is 4.33. The maximum Gasteiger partial charge on any atom is 0.137 e. The third kappa shape index (κ3) is 35.4. The van der Waals surface area contributed by atoms with E-state index in [4.69, 9.17) is 0 Å². The average molecular weight is 1900 g/mol. The van der Waals surface area contributed by atoms with Crippen LogP contribution in [0.25, 0.3) is 61.0 Å². The maximum absolute atomic E-state index is 4.33. The smallest absolute Gasteiger partial charge is 0.137 e. The van der Waals surface area contributed by atoms with E-state index < -0.39 is 0 Å². The van der Waals surface area contributed by atoms with Crippen molar-refractivity contribution in [2.24, 2.45) is 23.0 Å². The van der Waals surface area contributed by atoms with Crippen LogP contribution in [0, 0.1) is 5.92 Å². The zero-order valence-corrected chi connectivity index (χ0v) is 89.7. The van der Waals surface area contributed by atoms with Gasteiger partial charge in [0.2, 0.25) is 0 Å². The fourth-order valence-electron chi connectivity index (χ4n) is 15.7. The Morgan fingerprint density at radius 1 is 0.387 bits per heavy atom. The number of allylic oxidation sites excluding steroid dienone is 3. The zero-order chi connectivity index (χ0) is 103. The van der Waals surface area contributed by atoms with E-state index in [0.29, 0.717) is 76.9 Å². The summed E-state index contributed by atoms with van der Waals surface area (Å²) in [5, 5.41) is 21.3. The lowest BCUT2D eigenvalue weighted by molar-refractivity contribution is 0.808. The van der Waals surface area contributed by atoms with E-state index in [1.807, 2.05) is 98.4 Å². The Balaban J connectivity index is 0.000000172. The molecule has 2 aliphatic heterocycles. The van der Waals surface area contributed by atoms with Gasteiger partial charge >= 0.3 is 0 Å². The van der Waals surface area contributed by atoms with E-state index in [1.54, 1.807) is 31.2 Å². The summed E-state index contributed by atoms with van der Waals surface area (Å²) in [5.74, 6) is 7.69. The molecule has 744 valence electrons. The molecule has 0 amide bonds. The number of aryl methyl sites for hydroxylation is 1. The van der Waals surface area contributed by atoms with Crippen molar-refractivity contribution in [3.8, 4) is 0 Å². The number of hydrogen-bond donors (Lipinski definition) is 4. The van der Waals surface area contributed by atoms with Gasteiger partial charge in [-0.05, 0) is 294 Å². The molecule has 4 aliphatic rings. The van der Waals surface area contributed by atoms with Gasteiger partial charge in [0.05, 0.1) is 47.0 Å². The number of aromatic amines is 4.